The second kappa shape index (κ2) is 6.19. The zero-order valence-corrected chi connectivity index (χ0v) is 12.2. The number of nitrogen functional groups attached to an aromatic ring is 1. The minimum absolute atomic E-state index is 0.325. The van der Waals surface area contributed by atoms with Gasteiger partial charge in [-0.05, 0) is 24.6 Å². The van der Waals surface area contributed by atoms with Crippen molar-refractivity contribution in [2.24, 2.45) is 0 Å². The molecule has 5 heteroatoms. The second-order valence-electron chi connectivity index (χ2n) is 4.62. The van der Waals surface area contributed by atoms with Gasteiger partial charge in [0.1, 0.15) is 0 Å². The molecule has 1 aromatic rings. The van der Waals surface area contributed by atoms with Crippen LogP contribution >= 0.6 is 11.8 Å². The van der Waals surface area contributed by atoms with E-state index in [-0.39, 0.29) is 5.97 Å². The Morgan fingerprint density at radius 1 is 1.58 bits per heavy atom. The van der Waals surface area contributed by atoms with Crippen LogP contribution in [-0.4, -0.2) is 37.2 Å². The Morgan fingerprint density at radius 3 is 3.05 bits per heavy atom. The number of ether oxygens (including phenoxy) is 1. The van der Waals surface area contributed by atoms with Crippen molar-refractivity contribution in [1.29, 1.82) is 0 Å². The summed E-state index contributed by atoms with van der Waals surface area (Å²) in [5.74, 6) is 0.761. The summed E-state index contributed by atoms with van der Waals surface area (Å²) in [5.41, 5.74) is 7.85. The lowest BCUT2D eigenvalue weighted by molar-refractivity contribution is 0.0601. The van der Waals surface area contributed by atoms with Gasteiger partial charge in [-0.1, -0.05) is 6.92 Å². The average Bonchev–Trinajstić information content (AvgIpc) is 2.46. The first-order valence-electron chi connectivity index (χ1n) is 6.50. The molecule has 1 atom stereocenters. The van der Waals surface area contributed by atoms with Crippen LogP contribution in [0.2, 0.25) is 0 Å². The maximum atomic E-state index is 11.9. The van der Waals surface area contributed by atoms with Gasteiger partial charge in [0.05, 0.1) is 18.4 Å². The van der Waals surface area contributed by atoms with Crippen LogP contribution in [0.25, 0.3) is 0 Å². The predicted molar refractivity (Wildman–Crippen MR) is 80.9 cm³/mol. The van der Waals surface area contributed by atoms with Crippen molar-refractivity contribution in [3.8, 4) is 0 Å². The van der Waals surface area contributed by atoms with E-state index in [1.54, 1.807) is 6.07 Å². The molecule has 1 aliphatic heterocycles. The molecule has 1 fully saturated rings. The normalized spacial score (nSPS) is 19.3. The lowest BCUT2D eigenvalue weighted by Crippen LogP contribution is -2.38. The van der Waals surface area contributed by atoms with E-state index >= 15 is 0 Å². The number of rotatable bonds is 3. The third-order valence-electron chi connectivity index (χ3n) is 3.36. The highest BCUT2D eigenvalue weighted by atomic mass is 32.2. The zero-order valence-electron chi connectivity index (χ0n) is 11.4. The number of nitrogens with zero attached hydrogens (tertiary/aromatic N) is 1. The number of hydrogen-bond acceptors (Lipinski definition) is 5. The maximum Gasteiger partial charge on any atom is 0.340 e. The fraction of sp³-hybridized carbons (Fsp3) is 0.500. The number of anilines is 2. The quantitative estimate of drug-likeness (QED) is 0.680. The number of carbonyl (C=O) groups excluding carboxylic acids is 1. The predicted octanol–water partition coefficient (Wildman–Crippen LogP) is 2.39. The van der Waals surface area contributed by atoms with Crippen LogP contribution in [0.5, 0.6) is 0 Å². The highest BCUT2D eigenvalue weighted by Gasteiger charge is 2.23. The van der Waals surface area contributed by atoms with Gasteiger partial charge in [0.15, 0.2) is 0 Å². The van der Waals surface area contributed by atoms with E-state index in [1.807, 2.05) is 23.9 Å². The minimum atomic E-state index is -0.325. The van der Waals surface area contributed by atoms with Gasteiger partial charge in [-0.15, -0.1) is 0 Å². The number of hydrogen-bond donors (Lipinski definition) is 1. The molecule has 0 aromatic heterocycles. The first-order chi connectivity index (χ1) is 9.15. The molecule has 0 aliphatic carbocycles. The first-order valence-corrected chi connectivity index (χ1v) is 7.55. The van der Waals surface area contributed by atoms with Gasteiger partial charge in [0, 0.05) is 29.8 Å². The molecule has 1 aromatic carbocycles. The van der Waals surface area contributed by atoms with Crippen LogP contribution in [0.15, 0.2) is 18.2 Å². The van der Waals surface area contributed by atoms with Crippen molar-refractivity contribution in [2.75, 3.05) is 36.6 Å². The molecular weight excluding hydrogens is 260 g/mol. The van der Waals surface area contributed by atoms with Crippen LogP contribution in [0.3, 0.4) is 0 Å². The van der Waals surface area contributed by atoms with Gasteiger partial charge in [-0.2, -0.15) is 11.8 Å². The largest absolute Gasteiger partial charge is 0.465 e. The summed E-state index contributed by atoms with van der Waals surface area (Å²) < 4.78 is 4.85. The molecule has 1 saturated heterocycles. The molecule has 1 aliphatic rings. The van der Waals surface area contributed by atoms with E-state index in [9.17, 15) is 4.79 Å². The summed E-state index contributed by atoms with van der Waals surface area (Å²) in [5, 5.41) is 0.622. The summed E-state index contributed by atoms with van der Waals surface area (Å²) >= 11 is 2.00. The molecule has 0 bridgehead atoms. The average molecular weight is 280 g/mol. The number of thioether (sulfide) groups is 1. The molecule has 2 rings (SSSR count). The van der Waals surface area contributed by atoms with Crippen LogP contribution in [0.1, 0.15) is 23.7 Å². The van der Waals surface area contributed by atoms with Crippen molar-refractivity contribution in [3.63, 3.8) is 0 Å². The first kappa shape index (κ1) is 14.1. The third kappa shape index (κ3) is 3.15. The Hall–Kier alpha value is -1.36. The molecule has 0 spiro atoms. The van der Waals surface area contributed by atoms with Gasteiger partial charge in [-0.3, -0.25) is 0 Å². The van der Waals surface area contributed by atoms with Crippen molar-refractivity contribution in [1.82, 2.24) is 0 Å². The van der Waals surface area contributed by atoms with Gasteiger partial charge in [0.2, 0.25) is 0 Å². The van der Waals surface area contributed by atoms with E-state index in [0.29, 0.717) is 16.5 Å². The van der Waals surface area contributed by atoms with E-state index < -0.39 is 0 Å². The monoisotopic (exact) mass is 280 g/mol. The van der Waals surface area contributed by atoms with E-state index in [1.165, 1.54) is 7.11 Å². The van der Waals surface area contributed by atoms with Crippen molar-refractivity contribution < 1.29 is 9.53 Å². The van der Waals surface area contributed by atoms with Crippen molar-refractivity contribution in [2.45, 2.75) is 18.6 Å². The molecule has 104 valence electrons. The number of nitrogens with two attached hydrogens (primary N) is 1. The fourth-order valence-electron chi connectivity index (χ4n) is 2.29. The Balaban J connectivity index is 2.30. The lowest BCUT2D eigenvalue weighted by Gasteiger charge is -2.34. The summed E-state index contributed by atoms with van der Waals surface area (Å²) in [6, 6.07) is 5.46. The zero-order chi connectivity index (χ0) is 13.8. The highest BCUT2D eigenvalue weighted by Crippen LogP contribution is 2.29. The molecule has 19 heavy (non-hydrogen) atoms. The molecule has 2 N–H and O–H groups in total. The van der Waals surface area contributed by atoms with E-state index in [4.69, 9.17) is 10.5 Å². The summed E-state index contributed by atoms with van der Waals surface area (Å²) in [4.78, 5) is 14.1. The standard InChI is InChI=1S/C14H20N2O2S/c1-3-11-9-16(6-7-19-11)13-5-4-10(15)8-12(13)14(17)18-2/h4-5,8,11H,3,6-7,9,15H2,1-2H3. The number of carbonyl (C=O) groups is 1. The van der Waals surface area contributed by atoms with Gasteiger partial charge < -0.3 is 15.4 Å². The molecule has 1 unspecified atom stereocenters. The van der Waals surface area contributed by atoms with Crippen LogP contribution in [0, 0.1) is 0 Å². The van der Waals surface area contributed by atoms with Crippen molar-refractivity contribution >= 4 is 29.1 Å². The number of methoxy groups -OCH3 is 1. The molecule has 0 amide bonds. The van der Waals surface area contributed by atoms with Crippen LogP contribution in [-0.2, 0) is 4.74 Å². The van der Waals surface area contributed by atoms with Gasteiger partial charge in [-0.25, -0.2) is 4.79 Å². The smallest absolute Gasteiger partial charge is 0.340 e. The van der Waals surface area contributed by atoms with Gasteiger partial charge >= 0.3 is 5.97 Å². The van der Waals surface area contributed by atoms with Crippen molar-refractivity contribution in [3.05, 3.63) is 23.8 Å². The van der Waals surface area contributed by atoms with E-state index in [2.05, 4.69) is 11.8 Å². The highest BCUT2D eigenvalue weighted by molar-refractivity contribution is 8.00. The fourth-order valence-corrected chi connectivity index (χ4v) is 3.47. The molecule has 0 saturated carbocycles. The molecule has 1 heterocycles. The minimum Gasteiger partial charge on any atom is -0.465 e. The Morgan fingerprint density at radius 2 is 2.37 bits per heavy atom. The Kier molecular flexibility index (Phi) is 4.58. The lowest BCUT2D eigenvalue weighted by atomic mass is 10.1. The SMILES string of the molecule is CCC1CN(c2ccc(N)cc2C(=O)OC)CCS1. The van der Waals surface area contributed by atoms with E-state index in [0.717, 1.165) is 31.0 Å². The van der Waals surface area contributed by atoms with Crippen LogP contribution < -0.4 is 10.6 Å². The van der Waals surface area contributed by atoms with Gasteiger partial charge in [0.25, 0.3) is 0 Å². The topological polar surface area (TPSA) is 55.6 Å². The summed E-state index contributed by atoms with van der Waals surface area (Å²) in [7, 11) is 1.40. The second-order valence-corrected chi connectivity index (χ2v) is 6.02. The maximum absolute atomic E-state index is 11.9. The molecule has 0 radical (unpaired) electrons. The van der Waals surface area contributed by atoms with Crippen LogP contribution in [0.4, 0.5) is 11.4 Å². The number of esters is 1. The summed E-state index contributed by atoms with van der Waals surface area (Å²) in [6.07, 6.45) is 1.14. The summed E-state index contributed by atoms with van der Waals surface area (Å²) in [6.45, 7) is 4.12. The molecular formula is C14H20N2O2S. The Bertz CT molecular complexity index is 465. The Labute approximate surface area is 118 Å². The number of benzene rings is 1. The molecule has 4 nitrogen and oxygen atoms in total. The third-order valence-corrected chi connectivity index (χ3v) is 4.73.